The molecule has 0 atom stereocenters. The second-order valence-corrected chi connectivity index (χ2v) is 4.02. The van der Waals surface area contributed by atoms with Gasteiger partial charge < -0.3 is 9.47 Å². The Bertz CT molecular complexity index is 368. The van der Waals surface area contributed by atoms with E-state index in [4.69, 9.17) is 4.74 Å². The molecule has 0 saturated carbocycles. The summed E-state index contributed by atoms with van der Waals surface area (Å²) in [7, 11) is 1.32. The van der Waals surface area contributed by atoms with Crippen LogP contribution in [0.3, 0.4) is 0 Å². The van der Waals surface area contributed by atoms with Gasteiger partial charge in [0, 0.05) is 6.20 Å². The third-order valence-corrected chi connectivity index (χ3v) is 2.60. The number of halogens is 1. The lowest BCUT2D eigenvalue weighted by Crippen LogP contribution is -2.09. The summed E-state index contributed by atoms with van der Waals surface area (Å²) in [6, 6.07) is 1.73. The number of unbranched alkanes of at least 4 members (excludes halogenated alkanes) is 1. The molecule has 0 amide bonds. The smallest absolute Gasteiger partial charge is 0.360 e. The summed E-state index contributed by atoms with van der Waals surface area (Å²) in [5.74, 6) is -0.0457. The van der Waals surface area contributed by atoms with Gasteiger partial charge in [-0.15, -0.1) is 0 Å². The minimum atomic E-state index is -0.493. The van der Waals surface area contributed by atoms with Crippen molar-refractivity contribution in [3.05, 3.63) is 22.4 Å². The Morgan fingerprint density at radius 2 is 2.31 bits per heavy atom. The predicted octanol–water partition coefficient (Wildman–Crippen LogP) is 2.81. The molecule has 88 valence electrons. The van der Waals surface area contributed by atoms with E-state index in [1.807, 2.05) is 0 Å². The summed E-state index contributed by atoms with van der Waals surface area (Å²) in [5, 5.41) is 0. The van der Waals surface area contributed by atoms with E-state index in [9.17, 15) is 4.79 Å². The fourth-order valence-electron chi connectivity index (χ4n) is 1.12. The van der Waals surface area contributed by atoms with Crippen molar-refractivity contribution >= 4 is 21.9 Å². The minimum absolute atomic E-state index is 0.202. The van der Waals surface area contributed by atoms with Gasteiger partial charge in [-0.25, -0.2) is 9.78 Å². The first kappa shape index (κ1) is 13.0. The Balaban J connectivity index is 2.90. The summed E-state index contributed by atoms with van der Waals surface area (Å²) in [4.78, 5) is 15.4. The first-order valence-electron chi connectivity index (χ1n) is 5.06. The van der Waals surface area contributed by atoms with Crippen LogP contribution in [-0.2, 0) is 4.74 Å². The zero-order chi connectivity index (χ0) is 12.0. The maximum atomic E-state index is 11.4. The minimum Gasteiger partial charge on any atom is -0.490 e. The van der Waals surface area contributed by atoms with E-state index in [2.05, 4.69) is 32.6 Å². The van der Waals surface area contributed by atoms with E-state index >= 15 is 0 Å². The Morgan fingerprint density at radius 3 is 2.94 bits per heavy atom. The standard InChI is InChI=1S/C11H14BrNO3/c1-3-4-7-16-10-8(12)5-6-13-9(10)11(14)15-2/h5-6H,3-4,7H2,1-2H3. The lowest BCUT2D eigenvalue weighted by molar-refractivity contribution is 0.0588. The Kier molecular flexibility index (Phi) is 5.25. The molecule has 0 fully saturated rings. The van der Waals surface area contributed by atoms with Crippen molar-refractivity contribution in [3.8, 4) is 5.75 Å². The van der Waals surface area contributed by atoms with Gasteiger partial charge in [0.25, 0.3) is 0 Å². The molecule has 0 radical (unpaired) electrons. The van der Waals surface area contributed by atoms with E-state index in [1.165, 1.54) is 13.3 Å². The van der Waals surface area contributed by atoms with Gasteiger partial charge in [-0.1, -0.05) is 13.3 Å². The summed E-state index contributed by atoms with van der Waals surface area (Å²) >= 11 is 3.32. The van der Waals surface area contributed by atoms with E-state index in [1.54, 1.807) is 6.07 Å². The highest BCUT2D eigenvalue weighted by Crippen LogP contribution is 2.28. The number of carbonyl (C=O) groups is 1. The molecule has 0 aromatic carbocycles. The molecule has 0 unspecified atom stereocenters. The van der Waals surface area contributed by atoms with Crippen LogP contribution in [0.2, 0.25) is 0 Å². The molecule has 0 aliphatic heterocycles. The summed E-state index contributed by atoms with van der Waals surface area (Å²) in [6.45, 7) is 2.63. The third-order valence-electron chi connectivity index (χ3n) is 1.98. The van der Waals surface area contributed by atoms with Crippen molar-refractivity contribution in [3.63, 3.8) is 0 Å². The molecule has 0 spiro atoms. The first-order chi connectivity index (χ1) is 7.70. The molecular weight excluding hydrogens is 274 g/mol. The van der Waals surface area contributed by atoms with Crippen molar-refractivity contribution in [1.82, 2.24) is 4.98 Å². The molecule has 5 heteroatoms. The number of pyridine rings is 1. The Labute approximate surface area is 103 Å². The quantitative estimate of drug-likeness (QED) is 0.617. The largest absolute Gasteiger partial charge is 0.490 e. The molecule has 1 rings (SSSR count). The molecule has 0 N–H and O–H groups in total. The number of ether oxygens (including phenoxy) is 2. The maximum absolute atomic E-state index is 11.4. The first-order valence-corrected chi connectivity index (χ1v) is 5.85. The van der Waals surface area contributed by atoms with E-state index < -0.39 is 5.97 Å². The average molecular weight is 288 g/mol. The van der Waals surface area contributed by atoms with Crippen molar-refractivity contribution < 1.29 is 14.3 Å². The normalized spacial score (nSPS) is 9.94. The van der Waals surface area contributed by atoms with E-state index in [0.29, 0.717) is 16.8 Å². The lowest BCUT2D eigenvalue weighted by Gasteiger charge is -2.10. The van der Waals surface area contributed by atoms with Crippen LogP contribution in [0.4, 0.5) is 0 Å². The molecule has 1 aromatic heterocycles. The van der Waals surface area contributed by atoms with Crippen LogP contribution < -0.4 is 4.74 Å². The SMILES string of the molecule is CCCCOc1c(Br)ccnc1C(=O)OC. The monoisotopic (exact) mass is 287 g/mol. The Hall–Kier alpha value is -1.10. The number of hydrogen-bond acceptors (Lipinski definition) is 4. The van der Waals surface area contributed by atoms with Crippen LogP contribution in [0.15, 0.2) is 16.7 Å². The van der Waals surface area contributed by atoms with Gasteiger partial charge in [0.15, 0.2) is 11.4 Å². The van der Waals surface area contributed by atoms with Crippen molar-refractivity contribution in [2.24, 2.45) is 0 Å². The number of nitrogens with zero attached hydrogens (tertiary/aromatic N) is 1. The second kappa shape index (κ2) is 6.48. The highest BCUT2D eigenvalue weighted by molar-refractivity contribution is 9.10. The number of hydrogen-bond donors (Lipinski definition) is 0. The van der Waals surface area contributed by atoms with Crippen molar-refractivity contribution in [2.45, 2.75) is 19.8 Å². The van der Waals surface area contributed by atoms with Crippen LogP contribution in [0.5, 0.6) is 5.75 Å². The summed E-state index contributed by atoms with van der Waals surface area (Å²) in [5.41, 5.74) is 0.202. The van der Waals surface area contributed by atoms with Crippen LogP contribution >= 0.6 is 15.9 Å². The highest BCUT2D eigenvalue weighted by atomic mass is 79.9. The van der Waals surface area contributed by atoms with Gasteiger partial charge in [-0.2, -0.15) is 0 Å². The van der Waals surface area contributed by atoms with Crippen LogP contribution in [0.25, 0.3) is 0 Å². The Morgan fingerprint density at radius 1 is 1.56 bits per heavy atom. The zero-order valence-electron chi connectivity index (χ0n) is 9.33. The van der Waals surface area contributed by atoms with Crippen molar-refractivity contribution in [1.29, 1.82) is 0 Å². The molecule has 1 aromatic rings. The van der Waals surface area contributed by atoms with Crippen LogP contribution in [-0.4, -0.2) is 24.7 Å². The molecule has 0 aliphatic rings. The number of methoxy groups -OCH3 is 1. The van der Waals surface area contributed by atoms with Crippen LogP contribution in [0.1, 0.15) is 30.3 Å². The topological polar surface area (TPSA) is 48.4 Å². The summed E-state index contributed by atoms with van der Waals surface area (Å²) in [6.07, 6.45) is 3.50. The predicted molar refractivity (Wildman–Crippen MR) is 63.7 cm³/mol. The zero-order valence-corrected chi connectivity index (χ0v) is 10.9. The van der Waals surface area contributed by atoms with E-state index in [0.717, 1.165) is 12.8 Å². The van der Waals surface area contributed by atoms with Gasteiger partial charge in [0.2, 0.25) is 0 Å². The highest BCUT2D eigenvalue weighted by Gasteiger charge is 2.17. The fourth-order valence-corrected chi connectivity index (χ4v) is 1.54. The van der Waals surface area contributed by atoms with Crippen molar-refractivity contribution in [2.75, 3.05) is 13.7 Å². The molecule has 16 heavy (non-hydrogen) atoms. The van der Waals surface area contributed by atoms with Gasteiger partial charge in [-0.3, -0.25) is 0 Å². The average Bonchev–Trinajstić information content (AvgIpc) is 2.30. The molecule has 0 saturated heterocycles. The number of rotatable bonds is 5. The number of aromatic nitrogens is 1. The molecular formula is C11H14BrNO3. The van der Waals surface area contributed by atoms with E-state index in [-0.39, 0.29) is 5.69 Å². The summed E-state index contributed by atoms with van der Waals surface area (Å²) < 4.78 is 10.9. The van der Waals surface area contributed by atoms with Crippen LogP contribution in [0, 0.1) is 0 Å². The maximum Gasteiger partial charge on any atom is 0.360 e. The lowest BCUT2D eigenvalue weighted by atomic mass is 10.3. The molecule has 1 heterocycles. The fraction of sp³-hybridized carbons (Fsp3) is 0.455. The molecule has 4 nitrogen and oxygen atoms in total. The number of carbonyl (C=O) groups excluding carboxylic acids is 1. The van der Waals surface area contributed by atoms with Gasteiger partial charge >= 0.3 is 5.97 Å². The van der Waals surface area contributed by atoms with Gasteiger partial charge in [0.05, 0.1) is 18.2 Å². The number of esters is 1. The van der Waals surface area contributed by atoms with Gasteiger partial charge in [-0.05, 0) is 28.4 Å². The molecule has 0 aliphatic carbocycles. The van der Waals surface area contributed by atoms with Gasteiger partial charge in [0.1, 0.15) is 0 Å². The molecule has 0 bridgehead atoms. The third kappa shape index (κ3) is 3.20. The second-order valence-electron chi connectivity index (χ2n) is 3.16.